The Bertz CT molecular complexity index is 429. The molecule has 0 bridgehead atoms. The molecular weight excluding hydrogens is 244 g/mol. The van der Waals surface area contributed by atoms with Gasteiger partial charge in [0.25, 0.3) is 0 Å². The van der Waals surface area contributed by atoms with Crippen LogP contribution >= 0.6 is 0 Å². The molecule has 19 heavy (non-hydrogen) atoms. The first-order valence-corrected chi connectivity index (χ1v) is 7.20. The lowest BCUT2D eigenvalue weighted by atomic mass is 9.79. The summed E-state index contributed by atoms with van der Waals surface area (Å²) in [5.41, 5.74) is 0.995. The summed E-state index contributed by atoms with van der Waals surface area (Å²) in [4.78, 5) is 0. The molecule has 1 aliphatic carbocycles. The Morgan fingerprint density at radius 3 is 2.58 bits per heavy atom. The molecule has 1 saturated carbocycles. The number of hydrogen-bond donors (Lipinski definition) is 1. The van der Waals surface area contributed by atoms with E-state index in [0.717, 1.165) is 31.4 Å². The highest BCUT2D eigenvalue weighted by atomic mass is 19.2. The van der Waals surface area contributed by atoms with Crippen LogP contribution in [0.5, 0.6) is 0 Å². The van der Waals surface area contributed by atoms with Crippen molar-refractivity contribution >= 4 is 0 Å². The maximum Gasteiger partial charge on any atom is 0.159 e. The van der Waals surface area contributed by atoms with Crippen LogP contribution in [0, 0.1) is 17.0 Å². The average Bonchev–Trinajstić information content (AvgIpc) is 3.16. The van der Waals surface area contributed by atoms with E-state index >= 15 is 0 Å². The van der Waals surface area contributed by atoms with Gasteiger partial charge in [-0.1, -0.05) is 26.3 Å². The third kappa shape index (κ3) is 4.27. The molecule has 1 aromatic carbocycles. The normalized spacial score (nSPS) is 18.3. The summed E-state index contributed by atoms with van der Waals surface area (Å²) < 4.78 is 26.2. The van der Waals surface area contributed by atoms with Crippen molar-refractivity contribution in [3.63, 3.8) is 0 Å². The van der Waals surface area contributed by atoms with Crippen LogP contribution in [0.1, 0.15) is 45.1 Å². The van der Waals surface area contributed by atoms with Gasteiger partial charge in [-0.3, -0.25) is 0 Å². The topological polar surface area (TPSA) is 12.0 Å². The number of rotatable bonds is 7. The second kappa shape index (κ2) is 6.00. The molecule has 2 rings (SSSR count). The molecule has 1 fully saturated rings. The second-order valence-electron chi connectivity index (χ2n) is 6.14. The Hall–Kier alpha value is -0.960. The van der Waals surface area contributed by atoms with Crippen molar-refractivity contribution in [1.29, 1.82) is 0 Å². The maximum absolute atomic E-state index is 13.3. The Kier molecular flexibility index (Phi) is 4.56. The molecular formula is C16H23F2N. The van der Waals surface area contributed by atoms with Gasteiger partial charge in [-0.05, 0) is 48.8 Å². The van der Waals surface area contributed by atoms with E-state index in [-0.39, 0.29) is 5.41 Å². The van der Waals surface area contributed by atoms with Crippen molar-refractivity contribution in [3.8, 4) is 0 Å². The minimum atomic E-state index is -0.767. The van der Waals surface area contributed by atoms with Gasteiger partial charge in [0.05, 0.1) is 0 Å². The molecule has 106 valence electrons. The summed E-state index contributed by atoms with van der Waals surface area (Å²) in [7, 11) is 0. The van der Waals surface area contributed by atoms with E-state index < -0.39 is 11.6 Å². The summed E-state index contributed by atoms with van der Waals surface area (Å²) in [6.07, 6.45) is 5.52. The highest BCUT2D eigenvalue weighted by molar-refractivity contribution is 5.19. The van der Waals surface area contributed by atoms with Gasteiger partial charge >= 0.3 is 0 Å². The predicted octanol–water partition coefficient (Wildman–Crippen LogP) is 4.07. The zero-order valence-corrected chi connectivity index (χ0v) is 11.8. The molecule has 0 aromatic heterocycles. The van der Waals surface area contributed by atoms with E-state index in [1.807, 2.05) is 0 Å². The van der Waals surface area contributed by atoms with Gasteiger partial charge in [-0.25, -0.2) is 8.78 Å². The smallest absolute Gasteiger partial charge is 0.159 e. The summed E-state index contributed by atoms with van der Waals surface area (Å²) in [5.74, 6) is -1.51. The quantitative estimate of drug-likeness (QED) is 0.785. The molecule has 0 heterocycles. The third-order valence-corrected chi connectivity index (χ3v) is 3.86. The van der Waals surface area contributed by atoms with Crippen molar-refractivity contribution in [3.05, 3.63) is 35.4 Å². The molecule has 0 spiro atoms. The van der Waals surface area contributed by atoms with Crippen molar-refractivity contribution in [2.24, 2.45) is 5.41 Å². The number of benzene rings is 1. The van der Waals surface area contributed by atoms with Crippen molar-refractivity contribution in [2.75, 3.05) is 6.54 Å². The molecule has 1 unspecified atom stereocenters. The molecule has 0 saturated heterocycles. The number of halogens is 2. The van der Waals surface area contributed by atoms with Gasteiger partial charge in [0.1, 0.15) is 0 Å². The van der Waals surface area contributed by atoms with Crippen LogP contribution in [0.3, 0.4) is 0 Å². The zero-order chi connectivity index (χ0) is 13.9. The number of nitrogens with one attached hydrogen (secondary N) is 1. The van der Waals surface area contributed by atoms with Crippen molar-refractivity contribution in [2.45, 2.75) is 52.0 Å². The molecule has 0 radical (unpaired) electrons. The Labute approximate surface area is 114 Å². The first-order chi connectivity index (χ1) is 9.02. The minimum absolute atomic E-state index is 0.113. The van der Waals surface area contributed by atoms with Gasteiger partial charge in [-0.15, -0.1) is 0 Å². The van der Waals surface area contributed by atoms with E-state index in [2.05, 4.69) is 19.2 Å². The first-order valence-electron chi connectivity index (χ1n) is 7.20. The second-order valence-corrected chi connectivity index (χ2v) is 6.14. The summed E-state index contributed by atoms with van der Waals surface area (Å²) >= 11 is 0. The standard InChI is InChI=1S/C16H23F2N/c1-3-8-16(2,11-19-13-5-6-13)10-12-4-7-14(17)15(18)9-12/h4,7,9,13,19H,3,5-6,8,10-11H2,1-2H3. The van der Waals surface area contributed by atoms with Gasteiger partial charge in [0.2, 0.25) is 0 Å². The van der Waals surface area contributed by atoms with Crippen LogP contribution < -0.4 is 5.32 Å². The summed E-state index contributed by atoms with van der Waals surface area (Å²) in [5, 5.41) is 3.56. The Balaban J connectivity index is 2.02. The molecule has 1 nitrogen and oxygen atoms in total. The molecule has 1 aromatic rings. The molecule has 0 amide bonds. The molecule has 3 heteroatoms. The van der Waals surface area contributed by atoms with Crippen LogP contribution in [0.25, 0.3) is 0 Å². The van der Waals surface area contributed by atoms with Crippen LogP contribution in [-0.2, 0) is 6.42 Å². The van der Waals surface area contributed by atoms with E-state index in [1.165, 1.54) is 25.0 Å². The fourth-order valence-corrected chi connectivity index (χ4v) is 2.66. The minimum Gasteiger partial charge on any atom is -0.313 e. The molecule has 1 atom stereocenters. The summed E-state index contributed by atoms with van der Waals surface area (Å²) in [6.45, 7) is 5.35. The monoisotopic (exact) mass is 267 g/mol. The Morgan fingerprint density at radius 2 is 2.00 bits per heavy atom. The van der Waals surface area contributed by atoms with E-state index in [4.69, 9.17) is 0 Å². The fraction of sp³-hybridized carbons (Fsp3) is 0.625. The fourth-order valence-electron chi connectivity index (χ4n) is 2.66. The number of hydrogen-bond acceptors (Lipinski definition) is 1. The molecule has 0 aliphatic heterocycles. The van der Waals surface area contributed by atoms with Gasteiger partial charge in [-0.2, -0.15) is 0 Å². The lowest BCUT2D eigenvalue weighted by Crippen LogP contribution is -2.34. The first kappa shape index (κ1) is 14.4. The van der Waals surface area contributed by atoms with E-state index in [0.29, 0.717) is 6.04 Å². The Morgan fingerprint density at radius 1 is 1.26 bits per heavy atom. The summed E-state index contributed by atoms with van der Waals surface area (Å²) in [6, 6.07) is 4.94. The predicted molar refractivity (Wildman–Crippen MR) is 74.1 cm³/mol. The lowest BCUT2D eigenvalue weighted by molar-refractivity contribution is 0.273. The highest BCUT2D eigenvalue weighted by Gasteiger charge is 2.28. The van der Waals surface area contributed by atoms with Crippen LogP contribution in [0.2, 0.25) is 0 Å². The van der Waals surface area contributed by atoms with Gasteiger partial charge < -0.3 is 5.32 Å². The largest absolute Gasteiger partial charge is 0.313 e. The molecule has 1 N–H and O–H groups in total. The zero-order valence-electron chi connectivity index (χ0n) is 11.8. The van der Waals surface area contributed by atoms with Gasteiger partial charge in [0.15, 0.2) is 11.6 Å². The van der Waals surface area contributed by atoms with E-state index in [9.17, 15) is 8.78 Å². The molecule has 1 aliphatic rings. The SMILES string of the molecule is CCCC(C)(CNC1CC1)Cc1ccc(F)c(F)c1. The van der Waals surface area contributed by atoms with E-state index in [1.54, 1.807) is 6.07 Å². The third-order valence-electron chi connectivity index (χ3n) is 3.86. The highest BCUT2D eigenvalue weighted by Crippen LogP contribution is 2.30. The lowest BCUT2D eigenvalue weighted by Gasteiger charge is -2.30. The van der Waals surface area contributed by atoms with Crippen LogP contribution in [0.15, 0.2) is 18.2 Å². The average molecular weight is 267 g/mol. The van der Waals surface area contributed by atoms with Gasteiger partial charge in [0, 0.05) is 12.6 Å². The van der Waals surface area contributed by atoms with Crippen molar-refractivity contribution in [1.82, 2.24) is 5.32 Å². The van der Waals surface area contributed by atoms with Crippen molar-refractivity contribution < 1.29 is 8.78 Å². The van der Waals surface area contributed by atoms with Crippen LogP contribution in [0.4, 0.5) is 8.78 Å². The maximum atomic E-state index is 13.3. The van der Waals surface area contributed by atoms with Crippen LogP contribution in [-0.4, -0.2) is 12.6 Å².